The zero-order chi connectivity index (χ0) is 26.1. The Morgan fingerprint density at radius 3 is 2.22 bits per heavy atom. The summed E-state index contributed by atoms with van der Waals surface area (Å²) in [6.45, 7) is 6.91. The van der Waals surface area contributed by atoms with Gasteiger partial charge in [-0.1, -0.05) is 38.1 Å². The summed E-state index contributed by atoms with van der Waals surface area (Å²) in [5.74, 6) is 0.692. The lowest BCUT2D eigenvalue weighted by molar-refractivity contribution is -0.137. The monoisotopic (exact) mass is 502 g/mol. The van der Waals surface area contributed by atoms with Gasteiger partial charge in [-0.25, -0.2) is 0 Å². The molecule has 1 saturated heterocycles. The number of piperidine rings is 1. The molecular weight excluding hydrogens is 465 g/mol. The van der Waals surface area contributed by atoms with E-state index < -0.39 is 11.7 Å². The normalized spacial score (nSPS) is 16.7. The van der Waals surface area contributed by atoms with Crippen LogP contribution in [-0.2, 0) is 11.0 Å². The van der Waals surface area contributed by atoms with Crippen molar-refractivity contribution in [2.45, 2.75) is 70.9 Å². The van der Waals surface area contributed by atoms with E-state index in [9.17, 15) is 22.8 Å². The van der Waals surface area contributed by atoms with Gasteiger partial charge in [-0.15, -0.1) is 0 Å². The maximum Gasteiger partial charge on any atom is 0.416 e. The van der Waals surface area contributed by atoms with Gasteiger partial charge < -0.3 is 10.2 Å². The van der Waals surface area contributed by atoms with Gasteiger partial charge in [0.25, 0.3) is 0 Å². The van der Waals surface area contributed by atoms with Crippen molar-refractivity contribution in [2.24, 2.45) is 5.92 Å². The Bertz CT molecular complexity index is 992. The molecular formula is C29H37F3N2O2. The Kier molecular flexibility index (Phi) is 10.1. The number of carbonyl (C=O) groups is 2. The van der Waals surface area contributed by atoms with Crippen molar-refractivity contribution in [3.05, 3.63) is 65.2 Å². The molecule has 1 saturated carbocycles. The number of hydrogen-bond donors (Lipinski definition) is 1. The van der Waals surface area contributed by atoms with Gasteiger partial charge in [-0.3, -0.25) is 9.59 Å². The number of rotatable bonds is 9. The van der Waals surface area contributed by atoms with Crippen LogP contribution >= 0.6 is 0 Å². The molecule has 2 aromatic rings. The molecule has 36 heavy (non-hydrogen) atoms. The van der Waals surface area contributed by atoms with E-state index in [2.05, 4.69) is 22.3 Å². The molecule has 196 valence electrons. The molecule has 2 aromatic carbocycles. The van der Waals surface area contributed by atoms with Crippen LogP contribution in [0, 0.1) is 5.92 Å². The second-order valence-electron chi connectivity index (χ2n) is 9.46. The molecule has 1 aliphatic heterocycles. The fraction of sp³-hybridized carbons (Fsp3) is 0.517. The van der Waals surface area contributed by atoms with Crippen molar-refractivity contribution < 1.29 is 22.8 Å². The molecule has 4 nitrogen and oxygen atoms in total. The van der Waals surface area contributed by atoms with Gasteiger partial charge in [0, 0.05) is 23.6 Å². The second-order valence-corrected chi connectivity index (χ2v) is 9.46. The first kappa shape index (κ1) is 27.9. The molecule has 0 spiro atoms. The van der Waals surface area contributed by atoms with E-state index in [0.29, 0.717) is 17.9 Å². The lowest BCUT2D eigenvalue weighted by atomic mass is 9.89. The third kappa shape index (κ3) is 8.19. The van der Waals surface area contributed by atoms with Gasteiger partial charge in [0.05, 0.1) is 5.56 Å². The number of amides is 1. The first-order valence-corrected chi connectivity index (χ1v) is 13.1. The number of likely N-dealkylation sites (tertiary alicyclic amines) is 1. The van der Waals surface area contributed by atoms with Gasteiger partial charge in [-0.2, -0.15) is 13.2 Å². The Morgan fingerprint density at radius 1 is 0.944 bits per heavy atom. The number of nitrogens with one attached hydrogen (secondary N) is 1. The topological polar surface area (TPSA) is 49.4 Å². The summed E-state index contributed by atoms with van der Waals surface area (Å²) in [7, 11) is 0. The van der Waals surface area contributed by atoms with Crippen molar-refractivity contribution in [2.75, 3.05) is 25.0 Å². The number of ketones is 1. The molecule has 1 aliphatic carbocycles. The maximum atomic E-state index is 12.7. The SMILES string of the molecule is CC.O=C(CCCCN1CCC(c2cccc(NC(=O)C3CC3)c2)CC1)c1ccc(C(F)(F)F)cc1. The van der Waals surface area contributed by atoms with Gasteiger partial charge >= 0.3 is 6.18 Å². The lowest BCUT2D eigenvalue weighted by Gasteiger charge is -2.32. The molecule has 1 amide bonds. The molecule has 0 atom stereocenters. The van der Waals surface area contributed by atoms with Gasteiger partial charge in [0.2, 0.25) is 5.91 Å². The van der Waals surface area contributed by atoms with Crippen molar-refractivity contribution in [1.82, 2.24) is 4.90 Å². The minimum absolute atomic E-state index is 0.110. The molecule has 7 heteroatoms. The maximum absolute atomic E-state index is 12.7. The zero-order valence-corrected chi connectivity index (χ0v) is 21.2. The van der Waals surface area contributed by atoms with Crippen LogP contribution in [0.5, 0.6) is 0 Å². The van der Waals surface area contributed by atoms with E-state index in [1.807, 2.05) is 26.0 Å². The average molecular weight is 503 g/mol. The number of Topliss-reactive ketones (excluding diaryl/α,β-unsaturated/α-hetero) is 1. The lowest BCUT2D eigenvalue weighted by Crippen LogP contribution is -2.33. The summed E-state index contributed by atoms with van der Waals surface area (Å²) >= 11 is 0. The van der Waals surface area contributed by atoms with Crippen molar-refractivity contribution in [1.29, 1.82) is 0 Å². The molecule has 4 rings (SSSR count). The number of alkyl halides is 3. The van der Waals surface area contributed by atoms with E-state index in [4.69, 9.17) is 0 Å². The molecule has 0 aromatic heterocycles. The van der Waals surface area contributed by atoms with Crippen LogP contribution in [0.3, 0.4) is 0 Å². The molecule has 2 aliphatic rings. The third-order valence-corrected chi connectivity index (χ3v) is 6.82. The van der Waals surface area contributed by atoms with Crippen molar-refractivity contribution >= 4 is 17.4 Å². The highest BCUT2D eigenvalue weighted by atomic mass is 19.4. The van der Waals surface area contributed by atoms with E-state index >= 15 is 0 Å². The highest BCUT2D eigenvalue weighted by molar-refractivity contribution is 5.96. The summed E-state index contributed by atoms with van der Waals surface area (Å²) in [6, 6.07) is 12.7. The minimum atomic E-state index is -4.39. The number of carbonyl (C=O) groups excluding carboxylic acids is 2. The average Bonchev–Trinajstić information content (AvgIpc) is 3.74. The molecule has 0 bridgehead atoms. The molecule has 0 radical (unpaired) electrons. The Hall–Kier alpha value is -2.67. The quantitative estimate of drug-likeness (QED) is 0.289. The van der Waals surface area contributed by atoms with E-state index in [-0.39, 0.29) is 17.6 Å². The van der Waals surface area contributed by atoms with E-state index in [1.165, 1.54) is 17.7 Å². The van der Waals surface area contributed by atoms with Crippen LogP contribution in [0.15, 0.2) is 48.5 Å². The van der Waals surface area contributed by atoms with E-state index in [1.54, 1.807) is 0 Å². The minimum Gasteiger partial charge on any atom is -0.326 e. The summed E-state index contributed by atoms with van der Waals surface area (Å²) in [6.07, 6.45) is 1.68. The Balaban J connectivity index is 0.00000176. The fourth-order valence-corrected chi connectivity index (χ4v) is 4.56. The number of benzene rings is 2. The van der Waals surface area contributed by atoms with E-state index in [0.717, 1.165) is 76.0 Å². The number of hydrogen-bond acceptors (Lipinski definition) is 3. The molecule has 1 N–H and O–H groups in total. The standard InChI is InChI=1S/C27H31F3N2O2.C2H6/c28-27(29,30)23-11-9-20(10-12-23)25(33)6-1-2-15-32-16-13-19(14-17-32)22-4-3-5-24(18-22)31-26(34)21-7-8-21;1-2/h3-5,9-12,18-19,21H,1-2,6-8,13-17H2,(H,31,34);1-2H3. The van der Waals surface area contributed by atoms with Crippen molar-refractivity contribution in [3.8, 4) is 0 Å². The van der Waals surface area contributed by atoms with Crippen LogP contribution < -0.4 is 5.32 Å². The first-order valence-electron chi connectivity index (χ1n) is 13.1. The first-order chi connectivity index (χ1) is 17.3. The zero-order valence-electron chi connectivity index (χ0n) is 21.2. The molecule has 0 unspecified atom stereocenters. The number of anilines is 1. The smallest absolute Gasteiger partial charge is 0.326 e. The Morgan fingerprint density at radius 2 is 1.61 bits per heavy atom. The predicted octanol–water partition coefficient (Wildman–Crippen LogP) is 7.31. The number of nitrogens with zero attached hydrogens (tertiary/aromatic N) is 1. The second kappa shape index (κ2) is 13.0. The van der Waals surface area contributed by atoms with Crippen LogP contribution in [0.25, 0.3) is 0 Å². The van der Waals surface area contributed by atoms with Crippen molar-refractivity contribution in [3.63, 3.8) is 0 Å². The highest BCUT2D eigenvalue weighted by Gasteiger charge is 2.30. The van der Waals surface area contributed by atoms with Crippen LogP contribution in [-0.4, -0.2) is 36.2 Å². The van der Waals surface area contributed by atoms with Crippen LogP contribution in [0.4, 0.5) is 18.9 Å². The fourth-order valence-electron chi connectivity index (χ4n) is 4.56. The van der Waals surface area contributed by atoms with Gasteiger partial charge in [-0.05, 0) is 93.9 Å². The van der Waals surface area contributed by atoms with Crippen LogP contribution in [0.2, 0.25) is 0 Å². The highest BCUT2D eigenvalue weighted by Crippen LogP contribution is 2.32. The summed E-state index contributed by atoms with van der Waals surface area (Å²) in [5, 5.41) is 3.03. The van der Waals surface area contributed by atoms with Crippen LogP contribution in [0.1, 0.15) is 86.2 Å². The predicted molar refractivity (Wildman–Crippen MR) is 137 cm³/mol. The molecule has 2 fully saturated rings. The largest absolute Gasteiger partial charge is 0.416 e. The van der Waals surface area contributed by atoms with Gasteiger partial charge in [0.1, 0.15) is 0 Å². The number of halogens is 3. The Labute approximate surface area is 212 Å². The molecule has 1 heterocycles. The van der Waals surface area contributed by atoms with Gasteiger partial charge in [0.15, 0.2) is 5.78 Å². The summed E-state index contributed by atoms with van der Waals surface area (Å²) < 4.78 is 38.0. The third-order valence-electron chi connectivity index (χ3n) is 6.82. The number of unbranched alkanes of at least 4 members (excludes halogenated alkanes) is 1. The summed E-state index contributed by atoms with van der Waals surface area (Å²) in [5.41, 5.74) is 1.76. The summed E-state index contributed by atoms with van der Waals surface area (Å²) in [4.78, 5) is 26.7.